The molecule has 1 aromatic rings. The van der Waals surface area contributed by atoms with E-state index in [1.807, 2.05) is 0 Å². The molecule has 1 unspecified atom stereocenters. The zero-order chi connectivity index (χ0) is 22.9. The monoisotopic (exact) mass is 486 g/mol. The minimum Gasteiger partial charge on any atom is -0.496 e. The molecule has 0 saturated carbocycles. The predicted octanol–water partition coefficient (Wildman–Crippen LogP) is 4.40. The van der Waals surface area contributed by atoms with Crippen molar-refractivity contribution < 1.29 is 33.3 Å². The molecule has 8 heteroatoms. The summed E-state index contributed by atoms with van der Waals surface area (Å²) in [6, 6.07) is 1.77. The second-order valence-corrected chi connectivity index (χ2v) is 9.70. The van der Waals surface area contributed by atoms with E-state index in [1.165, 1.54) is 7.11 Å². The Bertz CT molecular complexity index is 820. The van der Waals surface area contributed by atoms with E-state index in [2.05, 4.69) is 15.9 Å². The molecule has 1 aliphatic heterocycles. The second kappa shape index (κ2) is 8.75. The van der Waals surface area contributed by atoms with E-state index in [4.69, 9.17) is 23.7 Å². The Morgan fingerprint density at radius 3 is 2.13 bits per heavy atom. The first-order valence-corrected chi connectivity index (χ1v) is 10.8. The average molecular weight is 487 g/mol. The summed E-state index contributed by atoms with van der Waals surface area (Å²) in [6.07, 6.45) is -0.348. The van der Waals surface area contributed by atoms with Gasteiger partial charge in [-0.2, -0.15) is 0 Å². The highest BCUT2D eigenvalue weighted by Gasteiger charge is 2.54. The number of methoxy groups -OCH3 is 2. The van der Waals surface area contributed by atoms with Crippen LogP contribution in [0, 0.1) is 0 Å². The van der Waals surface area contributed by atoms with Gasteiger partial charge in [-0.25, -0.2) is 4.79 Å². The molecule has 0 spiro atoms. The van der Waals surface area contributed by atoms with Crippen LogP contribution in [0.2, 0.25) is 0 Å². The maximum atomic E-state index is 13.4. The van der Waals surface area contributed by atoms with Crippen molar-refractivity contribution >= 4 is 27.9 Å². The molecule has 0 aliphatic carbocycles. The van der Waals surface area contributed by atoms with Crippen LogP contribution in [0.5, 0.6) is 11.5 Å². The molecule has 0 saturated heterocycles. The summed E-state index contributed by atoms with van der Waals surface area (Å²) in [4.78, 5) is 26.2. The van der Waals surface area contributed by atoms with Crippen LogP contribution in [0.3, 0.4) is 0 Å². The lowest BCUT2D eigenvalue weighted by Gasteiger charge is -2.32. The molecule has 1 aliphatic rings. The standard InChI is InChI=1S/C22H31BrO7/c1-20(2,3)29-16(24)10-22(19(25)30-21(4,5)6)17-14(12-28-22)18(27-8)13(11-23)9-15(17)26-7/h9H,10-12H2,1-8H3. The summed E-state index contributed by atoms with van der Waals surface area (Å²) < 4.78 is 28.4. The smallest absolute Gasteiger partial charge is 0.344 e. The summed E-state index contributed by atoms with van der Waals surface area (Å²) in [5.41, 5.74) is -1.26. The van der Waals surface area contributed by atoms with Crippen molar-refractivity contribution in [3.63, 3.8) is 0 Å². The minimum absolute atomic E-state index is 0.0672. The summed E-state index contributed by atoms with van der Waals surface area (Å²) in [7, 11) is 3.06. The molecule has 0 bridgehead atoms. The first-order valence-electron chi connectivity index (χ1n) is 9.70. The maximum Gasteiger partial charge on any atom is 0.344 e. The van der Waals surface area contributed by atoms with Crippen molar-refractivity contribution in [1.82, 2.24) is 0 Å². The van der Waals surface area contributed by atoms with E-state index < -0.39 is 28.7 Å². The van der Waals surface area contributed by atoms with Gasteiger partial charge in [-0.05, 0) is 47.6 Å². The molecule has 168 valence electrons. The summed E-state index contributed by atoms with van der Waals surface area (Å²) in [5.74, 6) is -0.247. The Kier molecular flexibility index (Phi) is 7.13. The van der Waals surface area contributed by atoms with Gasteiger partial charge < -0.3 is 23.7 Å². The lowest BCUT2D eigenvalue weighted by molar-refractivity contribution is -0.192. The van der Waals surface area contributed by atoms with Gasteiger partial charge in [0.15, 0.2) is 0 Å². The van der Waals surface area contributed by atoms with Gasteiger partial charge in [0, 0.05) is 22.0 Å². The van der Waals surface area contributed by atoms with Crippen LogP contribution in [-0.4, -0.2) is 37.4 Å². The van der Waals surface area contributed by atoms with E-state index in [0.717, 1.165) is 5.56 Å². The molecule has 2 rings (SSSR count). The van der Waals surface area contributed by atoms with Gasteiger partial charge >= 0.3 is 11.9 Å². The average Bonchev–Trinajstić information content (AvgIpc) is 2.97. The van der Waals surface area contributed by atoms with E-state index in [0.29, 0.717) is 28.0 Å². The highest BCUT2D eigenvalue weighted by Crippen LogP contribution is 2.51. The number of fused-ring (bicyclic) bond motifs is 1. The van der Waals surface area contributed by atoms with Crippen LogP contribution in [0.15, 0.2) is 6.07 Å². The third kappa shape index (κ3) is 5.09. The van der Waals surface area contributed by atoms with E-state index >= 15 is 0 Å². The Hall–Kier alpha value is -1.80. The number of alkyl halides is 1. The fourth-order valence-electron chi connectivity index (χ4n) is 3.43. The van der Waals surface area contributed by atoms with E-state index in [1.54, 1.807) is 54.7 Å². The van der Waals surface area contributed by atoms with Gasteiger partial charge in [0.2, 0.25) is 5.60 Å². The molecule has 30 heavy (non-hydrogen) atoms. The number of carbonyl (C=O) groups is 2. The van der Waals surface area contributed by atoms with Gasteiger partial charge in [-0.1, -0.05) is 15.9 Å². The second-order valence-electron chi connectivity index (χ2n) is 9.14. The van der Waals surface area contributed by atoms with Crippen molar-refractivity contribution in [3.8, 4) is 11.5 Å². The Morgan fingerprint density at radius 2 is 1.67 bits per heavy atom. The third-order valence-corrected chi connectivity index (χ3v) is 5.00. The highest BCUT2D eigenvalue weighted by molar-refractivity contribution is 9.08. The molecular formula is C22H31BrO7. The van der Waals surface area contributed by atoms with Gasteiger partial charge in [-0.15, -0.1) is 0 Å². The zero-order valence-electron chi connectivity index (χ0n) is 18.9. The number of hydrogen-bond donors (Lipinski definition) is 0. The van der Waals surface area contributed by atoms with Gasteiger partial charge in [-0.3, -0.25) is 4.79 Å². The number of benzene rings is 1. The SMILES string of the molecule is COc1cc(CBr)c(OC)c2c1C(CC(=O)OC(C)(C)C)(C(=O)OC(C)(C)C)OC2. The molecular weight excluding hydrogens is 456 g/mol. The van der Waals surface area contributed by atoms with Crippen LogP contribution in [0.1, 0.15) is 64.7 Å². The molecule has 0 amide bonds. The maximum absolute atomic E-state index is 13.4. The summed E-state index contributed by atoms with van der Waals surface area (Å²) in [6.45, 7) is 10.6. The van der Waals surface area contributed by atoms with Crippen LogP contribution in [0.4, 0.5) is 0 Å². The molecule has 0 N–H and O–H groups in total. The van der Waals surface area contributed by atoms with Crippen molar-refractivity contribution in [2.45, 2.75) is 76.7 Å². The molecule has 0 aromatic heterocycles. The fraction of sp³-hybridized carbons (Fsp3) is 0.636. The number of ether oxygens (including phenoxy) is 5. The number of rotatable bonds is 6. The quantitative estimate of drug-likeness (QED) is 0.435. The van der Waals surface area contributed by atoms with E-state index in [-0.39, 0.29) is 13.0 Å². The van der Waals surface area contributed by atoms with Crippen LogP contribution < -0.4 is 9.47 Å². The molecule has 0 radical (unpaired) electrons. The van der Waals surface area contributed by atoms with Gasteiger partial charge in [0.05, 0.1) is 27.2 Å². The van der Waals surface area contributed by atoms with Gasteiger partial charge in [0.25, 0.3) is 0 Å². The predicted molar refractivity (Wildman–Crippen MR) is 115 cm³/mol. The van der Waals surface area contributed by atoms with Crippen molar-refractivity contribution in [2.24, 2.45) is 0 Å². The normalized spacial score (nSPS) is 18.6. The Balaban J connectivity index is 2.69. The van der Waals surface area contributed by atoms with Crippen molar-refractivity contribution in [1.29, 1.82) is 0 Å². The van der Waals surface area contributed by atoms with Gasteiger partial charge in [0.1, 0.15) is 22.7 Å². The fourth-order valence-corrected chi connectivity index (χ4v) is 3.85. The van der Waals surface area contributed by atoms with Crippen molar-refractivity contribution in [3.05, 3.63) is 22.8 Å². The summed E-state index contributed by atoms with van der Waals surface area (Å²) in [5, 5.41) is 0.519. The molecule has 1 heterocycles. The highest BCUT2D eigenvalue weighted by atomic mass is 79.9. The number of esters is 2. The van der Waals surface area contributed by atoms with Crippen LogP contribution in [-0.2, 0) is 41.3 Å². The Morgan fingerprint density at radius 1 is 1.07 bits per heavy atom. The number of hydrogen-bond acceptors (Lipinski definition) is 7. The first-order chi connectivity index (χ1) is 13.8. The lowest BCUT2D eigenvalue weighted by Crippen LogP contribution is -2.44. The minimum atomic E-state index is -1.70. The molecule has 1 aromatic carbocycles. The largest absolute Gasteiger partial charge is 0.496 e. The first kappa shape index (κ1) is 24.5. The zero-order valence-corrected chi connectivity index (χ0v) is 20.5. The van der Waals surface area contributed by atoms with Crippen LogP contribution >= 0.6 is 15.9 Å². The van der Waals surface area contributed by atoms with Crippen molar-refractivity contribution in [2.75, 3.05) is 14.2 Å². The summed E-state index contributed by atoms with van der Waals surface area (Å²) >= 11 is 3.45. The molecule has 0 fully saturated rings. The number of halogens is 1. The van der Waals surface area contributed by atoms with E-state index in [9.17, 15) is 9.59 Å². The molecule has 7 nitrogen and oxygen atoms in total. The third-order valence-electron chi connectivity index (χ3n) is 4.40. The topological polar surface area (TPSA) is 80.3 Å². The van der Waals surface area contributed by atoms with Crippen LogP contribution in [0.25, 0.3) is 0 Å². The number of carbonyl (C=O) groups excluding carboxylic acids is 2. The Labute approximate surface area is 186 Å². The lowest BCUT2D eigenvalue weighted by atomic mass is 9.86. The molecule has 1 atom stereocenters.